The second-order valence-electron chi connectivity index (χ2n) is 14.4. The molecule has 0 amide bonds. The van der Waals surface area contributed by atoms with Crippen LogP contribution in [0.1, 0.15) is 0 Å². The zero-order chi connectivity index (χ0) is 37.5. The number of benzene rings is 8. The Hall–Kier alpha value is -7.41. The van der Waals surface area contributed by atoms with Gasteiger partial charge in [-0.15, -0.1) is 11.3 Å². The van der Waals surface area contributed by atoms with E-state index in [1.54, 1.807) is 0 Å². The minimum absolute atomic E-state index is 0.601. The normalized spacial score (nSPS) is 11.9. The minimum atomic E-state index is 0.601. The zero-order valence-corrected chi connectivity index (χ0v) is 31.2. The summed E-state index contributed by atoms with van der Waals surface area (Å²) in [6.07, 6.45) is 0. The summed E-state index contributed by atoms with van der Waals surface area (Å²) in [7, 11) is 0. The molecule has 5 nitrogen and oxygen atoms in total. The lowest BCUT2D eigenvalue weighted by atomic mass is 9.96. The minimum Gasteiger partial charge on any atom is -0.456 e. The van der Waals surface area contributed by atoms with E-state index < -0.39 is 0 Å². The Balaban J connectivity index is 1.03. The van der Waals surface area contributed by atoms with Gasteiger partial charge in [0.15, 0.2) is 17.5 Å². The fourth-order valence-corrected chi connectivity index (χ4v) is 9.62. The maximum absolute atomic E-state index is 6.59. The van der Waals surface area contributed by atoms with Crippen molar-refractivity contribution in [1.29, 1.82) is 0 Å². The van der Waals surface area contributed by atoms with Gasteiger partial charge in [0, 0.05) is 64.1 Å². The number of thiophene rings is 1. The van der Waals surface area contributed by atoms with Gasteiger partial charge in [0.05, 0.1) is 11.0 Å². The first-order valence-electron chi connectivity index (χ1n) is 19.0. The van der Waals surface area contributed by atoms with E-state index in [4.69, 9.17) is 19.4 Å². The molecule has 0 aliphatic heterocycles. The average molecular weight is 747 g/mol. The van der Waals surface area contributed by atoms with Crippen LogP contribution >= 0.6 is 11.3 Å². The van der Waals surface area contributed by atoms with Gasteiger partial charge in [0.25, 0.3) is 0 Å². The van der Waals surface area contributed by atoms with Crippen molar-refractivity contribution < 1.29 is 4.42 Å². The molecule has 12 aromatic rings. The largest absolute Gasteiger partial charge is 0.456 e. The number of nitrogens with zero attached hydrogens (tertiary/aromatic N) is 4. The molecule has 0 aliphatic rings. The molecular weight excluding hydrogens is 717 g/mol. The molecule has 57 heavy (non-hydrogen) atoms. The van der Waals surface area contributed by atoms with E-state index in [1.165, 1.54) is 42.0 Å². The van der Waals surface area contributed by atoms with Crippen molar-refractivity contribution in [3.05, 3.63) is 182 Å². The lowest BCUT2D eigenvalue weighted by Gasteiger charge is -2.10. The Kier molecular flexibility index (Phi) is 7.03. The first kappa shape index (κ1) is 31.9. The molecule has 4 heterocycles. The Labute approximate surface area is 330 Å². The van der Waals surface area contributed by atoms with Crippen LogP contribution in [0.3, 0.4) is 0 Å². The van der Waals surface area contributed by atoms with Crippen LogP contribution in [0.15, 0.2) is 186 Å². The smallest absolute Gasteiger partial charge is 0.164 e. The highest BCUT2D eigenvalue weighted by Gasteiger charge is 2.21. The molecule has 0 radical (unpaired) electrons. The molecule has 4 aromatic heterocycles. The topological polar surface area (TPSA) is 56.7 Å². The Bertz CT molecular complexity index is 3420. The van der Waals surface area contributed by atoms with E-state index in [9.17, 15) is 0 Å². The lowest BCUT2D eigenvalue weighted by Crippen LogP contribution is -2.00. The van der Waals surface area contributed by atoms with Gasteiger partial charge in [-0.05, 0) is 59.7 Å². The fraction of sp³-hybridized carbons (Fsp3) is 0. The second kappa shape index (κ2) is 12.6. The summed E-state index contributed by atoms with van der Waals surface area (Å²) in [5.74, 6) is 1.85. The number of rotatable bonds is 5. The van der Waals surface area contributed by atoms with Gasteiger partial charge in [-0.25, -0.2) is 15.0 Å². The average Bonchev–Trinajstić information content (AvgIpc) is 3.96. The lowest BCUT2D eigenvalue weighted by molar-refractivity contribution is 0.669. The predicted octanol–water partition coefficient (Wildman–Crippen LogP) is 13.9. The third-order valence-electron chi connectivity index (χ3n) is 11.1. The second-order valence-corrected chi connectivity index (χ2v) is 15.4. The van der Waals surface area contributed by atoms with E-state index in [0.29, 0.717) is 17.5 Å². The molecule has 266 valence electrons. The van der Waals surface area contributed by atoms with Crippen LogP contribution in [-0.2, 0) is 0 Å². The molecule has 0 N–H and O–H groups in total. The Morgan fingerprint density at radius 2 is 0.965 bits per heavy atom. The van der Waals surface area contributed by atoms with Gasteiger partial charge in [-0.2, -0.15) is 0 Å². The van der Waals surface area contributed by atoms with E-state index in [1.807, 2.05) is 84.1 Å². The highest BCUT2D eigenvalue weighted by molar-refractivity contribution is 7.25. The van der Waals surface area contributed by atoms with Crippen LogP contribution in [0.5, 0.6) is 0 Å². The Morgan fingerprint density at radius 3 is 1.63 bits per heavy atom. The summed E-state index contributed by atoms with van der Waals surface area (Å²) >= 11 is 1.84. The van der Waals surface area contributed by atoms with Gasteiger partial charge < -0.3 is 8.98 Å². The molecule has 0 aliphatic carbocycles. The van der Waals surface area contributed by atoms with Crippen molar-refractivity contribution in [2.24, 2.45) is 0 Å². The van der Waals surface area contributed by atoms with Gasteiger partial charge in [-0.1, -0.05) is 133 Å². The summed E-state index contributed by atoms with van der Waals surface area (Å²) in [4.78, 5) is 15.1. The van der Waals surface area contributed by atoms with E-state index in [-0.39, 0.29) is 0 Å². The number of hydrogen-bond donors (Lipinski definition) is 0. The van der Waals surface area contributed by atoms with Gasteiger partial charge in [-0.3, -0.25) is 0 Å². The number of furan rings is 1. The summed E-state index contributed by atoms with van der Waals surface area (Å²) < 4.78 is 11.5. The number of fused-ring (bicyclic) bond motifs is 9. The van der Waals surface area contributed by atoms with Crippen molar-refractivity contribution in [3.8, 4) is 51.0 Å². The van der Waals surface area contributed by atoms with Crippen molar-refractivity contribution in [2.45, 2.75) is 0 Å². The van der Waals surface area contributed by atoms with Crippen molar-refractivity contribution in [2.75, 3.05) is 0 Å². The molecule has 0 saturated carbocycles. The third-order valence-corrected chi connectivity index (χ3v) is 12.2. The molecule has 12 rings (SSSR count). The maximum atomic E-state index is 6.59. The zero-order valence-electron chi connectivity index (χ0n) is 30.4. The molecule has 8 aromatic carbocycles. The molecule has 0 bridgehead atoms. The number of hydrogen-bond acceptors (Lipinski definition) is 5. The van der Waals surface area contributed by atoms with Crippen LogP contribution < -0.4 is 0 Å². The van der Waals surface area contributed by atoms with Gasteiger partial charge in [0.2, 0.25) is 0 Å². The van der Waals surface area contributed by atoms with Crippen molar-refractivity contribution >= 4 is 75.3 Å². The van der Waals surface area contributed by atoms with E-state index in [0.717, 1.165) is 55.4 Å². The molecule has 0 saturated heterocycles. The monoisotopic (exact) mass is 746 g/mol. The molecule has 6 heteroatoms. The van der Waals surface area contributed by atoms with Crippen LogP contribution in [0.25, 0.3) is 115 Å². The summed E-state index contributed by atoms with van der Waals surface area (Å²) in [6, 6.07) is 63.8. The Morgan fingerprint density at radius 1 is 0.386 bits per heavy atom. The predicted molar refractivity (Wildman–Crippen MR) is 236 cm³/mol. The first-order valence-corrected chi connectivity index (χ1v) is 19.8. The van der Waals surface area contributed by atoms with Crippen LogP contribution in [-0.4, -0.2) is 19.5 Å². The number of para-hydroxylation sites is 2. The summed E-state index contributed by atoms with van der Waals surface area (Å²) in [6.45, 7) is 0. The molecule has 0 spiro atoms. The molecule has 0 fully saturated rings. The standard InChI is InChI=1S/C51H30N4OS/c1-3-13-31(14-4-1)49-52-50(32-15-5-2-6-16-32)54-51(53-49)39-20-12-24-44-48(39)47-35(19-11-23-43(47)56-44)33-25-28-45-40(29-33)38-27-26-34(30-46(38)57-45)55-41-21-9-7-17-36(41)37-18-8-10-22-42(37)55/h1-30H. The van der Waals surface area contributed by atoms with E-state index in [2.05, 4.69) is 114 Å². The fourth-order valence-electron chi connectivity index (χ4n) is 8.50. The number of aromatic nitrogens is 4. The highest BCUT2D eigenvalue weighted by Crippen LogP contribution is 2.44. The summed E-state index contributed by atoms with van der Waals surface area (Å²) in [5, 5.41) is 7.04. The third kappa shape index (κ3) is 5.04. The maximum Gasteiger partial charge on any atom is 0.164 e. The van der Waals surface area contributed by atoms with Crippen molar-refractivity contribution in [3.63, 3.8) is 0 Å². The van der Waals surface area contributed by atoms with Crippen LogP contribution in [0, 0.1) is 0 Å². The quantitative estimate of drug-likeness (QED) is 0.176. The van der Waals surface area contributed by atoms with Crippen LogP contribution in [0.4, 0.5) is 0 Å². The highest BCUT2D eigenvalue weighted by atomic mass is 32.1. The summed E-state index contributed by atoms with van der Waals surface area (Å²) in [5.41, 5.74) is 10.2. The molecular formula is C51H30N4OS. The van der Waals surface area contributed by atoms with Gasteiger partial charge >= 0.3 is 0 Å². The van der Waals surface area contributed by atoms with Gasteiger partial charge in [0.1, 0.15) is 11.2 Å². The first-order chi connectivity index (χ1) is 28.2. The van der Waals surface area contributed by atoms with E-state index >= 15 is 0 Å². The molecule has 0 unspecified atom stereocenters. The SMILES string of the molecule is c1ccc(-c2nc(-c3ccccc3)nc(-c3cccc4oc5cccc(-c6ccc7sc8cc(-n9c%10ccccc%10c%10ccccc%109)ccc8c7c6)c5c34)n2)cc1. The van der Waals surface area contributed by atoms with Crippen LogP contribution in [0.2, 0.25) is 0 Å². The van der Waals surface area contributed by atoms with Crippen molar-refractivity contribution in [1.82, 2.24) is 19.5 Å². The molecule has 0 atom stereocenters.